The molecule has 0 aliphatic heterocycles. The standard InChI is InChI=1S/C10H12N2O/c11-9(10(13)7-3-4-7)8-2-1-5-12-6-8/h1-2,5-7,9H,3-4,11H2. The Hall–Kier alpha value is -1.22. The summed E-state index contributed by atoms with van der Waals surface area (Å²) in [6.45, 7) is 0. The highest BCUT2D eigenvalue weighted by Gasteiger charge is 2.33. The minimum Gasteiger partial charge on any atom is -0.318 e. The largest absolute Gasteiger partial charge is 0.318 e. The summed E-state index contributed by atoms with van der Waals surface area (Å²) in [5, 5.41) is 0. The molecule has 1 aromatic heterocycles. The van der Waals surface area contributed by atoms with Gasteiger partial charge >= 0.3 is 0 Å². The van der Waals surface area contributed by atoms with Gasteiger partial charge in [0.05, 0.1) is 6.04 Å². The predicted molar refractivity (Wildman–Crippen MR) is 48.9 cm³/mol. The Labute approximate surface area is 77.0 Å². The van der Waals surface area contributed by atoms with E-state index in [1.165, 1.54) is 0 Å². The minimum atomic E-state index is -0.471. The molecule has 3 nitrogen and oxygen atoms in total. The van der Waals surface area contributed by atoms with Crippen molar-refractivity contribution in [1.82, 2.24) is 4.98 Å². The molecular formula is C10H12N2O. The van der Waals surface area contributed by atoms with Crippen LogP contribution >= 0.6 is 0 Å². The molecular weight excluding hydrogens is 164 g/mol. The lowest BCUT2D eigenvalue weighted by atomic mass is 10.0. The summed E-state index contributed by atoms with van der Waals surface area (Å²) in [7, 11) is 0. The summed E-state index contributed by atoms with van der Waals surface area (Å²) in [4.78, 5) is 15.5. The number of hydrogen-bond acceptors (Lipinski definition) is 3. The summed E-state index contributed by atoms with van der Waals surface area (Å²) in [5.41, 5.74) is 6.61. The Morgan fingerprint density at radius 3 is 2.92 bits per heavy atom. The summed E-state index contributed by atoms with van der Waals surface area (Å²) in [6, 6.07) is 3.18. The van der Waals surface area contributed by atoms with Crippen LogP contribution in [0.25, 0.3) is 0 Å². The molecule has 2 N–H and O–H groups in total. The highest BCUT2D eigenvalue weighted by Crippen LogP contribution is 2.33. The average molecular weight is 176 g/mol. The number of rotatable bonds is 3. The van der Waals surface area contributed by atoms with Crippen molar-refractivity contribution in [2.75, 3.05) is 0 Å². The van der Waals surface area contributed by atoms with E-state index in [0.29, 0.717) is 0 Å². The molecule has 0 amide bonds. The molecule has 0 radical (unpaired) electrons. The van der Waals surface area contributed by atoms with Crippen LogP contribution in [-0.4, -0.2) is 10.8 Å². The lowest BCUT2D eigenvalue weighted by Gasteiger charge is -2.08. The van der Waals surface area contributed by atoms with E-state index in [9.17, 15) is 4.79 Å². The molecule has 1 fully saturated rings. The summed E-state index contributed by atoms with van der Waals surface area (Å²) < 4.78 is 0. The van der Waals surface area contributed by atoms with Gasteiger partial charge in [0.25, 0.3) is 0 Å². The van der Waals surface area contributed by atoms with Crippen molar-refractivity contribution in [2.24, 2.45) is 11.7 Å². The maximum absolute atomic E-state index is 11.6. The van der Waals surface area contributed by atoms with E-state index >= 15 is 0 Å². The van der Waals surface area contributed by atoms with Gasteiger partial charge in [-0.25, -0.2) is 0 Å². The van der Waals surface area contributed by atoms with Crippen molar-refractivity contribution >= 4 is 5.78 Å². The van der Waals surface area contributed by atoms with Crippen molar-refractivity contribution < 1.29 is 4.79 Å². The number of nitrogens with two attached hydrogens (primary N) is 1. The van der Waals surface area contributed by atoms with Crippen LogP contribution in [0, 0.1) is 5.92 Å². The smallest absolute Gasteiger partial charge is 0.157 e. The third kappa shape index (κ3) is 1.75. The number of carbonyl (C=O) groups is 1. The molecule has 1 atom stereocenters. The Kier molecular flexibility index (Phi) is 2.10. The van der Waals surface area contributed by atoms with Crippen molar-refractivity contribution in [3.63, 3.8) is 0 Å². The maximum atomic E-state index is 11.6. The molecule has 1 aliphatic rings. The fraction of sp³-hybridized carbons (Fsp3) is 0.400. The van der Waals surface area contributed by atoms with Crippen LogP contribution in [0.1, 0.15) is 24.4 Å². The lowest BCUT2D eigenvalue weighted by molar-refractivity contribution is -0.121. The highest BCUT2D eigenvalue weighted by molar-refractivity contribution is 5.88. The third-order valence-electron chi connectivity index (χ3n) is 2.33. The molecule has 0 bridgehead atoms. The first-order valence-corrected chi connectivity index (χ1v) is 4.48. The van der Waals surface area contributed by atoms with Crippen LogP contribution < -0.4 is 5.73 Å². The van der Waals surface area contributed by atoms with Crippen LogP contribution in [0.3, 0.4) is 0 Å². The van der Waals surface area contributed by atoms with E-state index in [-0.39, 0.29) is 11.7 Å². The molecule has 13 heavy (non-hydrogen) atoms. The second-order valence-electron chi connectivity index (χ2n) is 3.44. The molecule has 1 saturated carbocycles. The van der Waals surface area contributed by atoms with E-state index in [4.69, 9.17) is 5.73 Å². The summed E-state index contributed by atoms with van der Waals surface area (Å²) in [6.07, 6.45) is 5.35. The Bertz CT molecular complexity index is 306. The molecule has 1 unspecified atom stereocenters. The number of carbonyl (C=O) groups excluding carboxylic acids is 1. The van der Waals surface area contributed by atoms with Gasteiger partial charge in [0.15, 0.2) is 5.78 Å². The normalized spacial score (nSPS) is 18.2. The Morgan fingerprint density at radius 2 is 2.38 bits per heavy atom. The van der Waals surface area contributed by atoms with Gasteiger partial charge in [0, 0.05) is 18.3 Å². The van der Waals surface area contributed by atoms with E-state index in [1.807, 2.05) is 6.07 Å². The first-order valence-electron chi connectivity index (χ1n) is 4.48. The predicted octanol–water partition coefficient (Wildman–Crippen LogP) is 1.06. The summed E-state index contributed by atoms with van der Waals surface area (Å²) >= 11 is 0. The lowest BCUT2D eigenvalue weighted by Crippen LogP contribution is -2.22. The molecule has 68 valence electrons. The van der Waals surface area contributed by atoms with Crippen LogP contribution in [0.15, 0.2) is 24.5 Å². The topological polar surface area (TPSA) is 56.0 Å². The van der Waals surface area contributed by atoms with Crippen molar-refractivity contribution in [3.05, 3.63) is 30.1 Å². The molecule has 0 saturated heterocycles. The second-order valence-corrected chi connectivity index (χ2v) is 3.44. The van der Waals surface area contributed by atoms with E-state index in [0.717, 1.165) is 18.4 Å². The number of nitrogens with zero attached hydrogens (tertiary/aromatic N) is 1. The molecule has 1 aliphatic carbocycles. The molecule has 1 aromatic rings. The van der Waals surface area contributed by atoms with Crippen molar-refractivity contribution in [1.29, 1.82) is 0 Å². The average Bonchev–Trinajstić information content (AvgIpc) is 3.00. The van der Waals surface area contributed by atoms with Crippen LogP contribution in [0.2, 0.25) is 0 Å². The first-order chi connectivity index (χ1) is 6.29. The van der Waals surface area contributed by atoms with Gasteiger partial charge in [0.2, 0.25) is 0 Å². The minimum absolute atomic E-state index is 0.160. The Balaban J connectivity index is 2.12. The van der Waals surface area contributed by atoms with Gasteiger partial charge in [-0.15, -0.1) is 0 Å². The van der Waals surface area contributed by atoms with Crippen molar-refractivity contribution in [2.45, 2.75) is 18.9 Å². The van der Waals surface area contributed by atoms with Gasteiger partial charge in [-0.05, 0) is 24.5 Å². The Morgan fingerprint density at radius 1 is 1.62 bits per heavy atom. The zero-order chi connectivity index (χ0) is 9.26. The number of ketones is 1. The van der Waals surface area contributed by atoms with Crippen LogP contribution in [-0.2, 0) is 4.79 Å². The van der Waals surface area contributed by atoms with E-state index in [1.54, 1.807) is 18.5 Å². The molecule has 2 rings (SSSR count). The van der Waals surface area contributed by atoms with Gasteiger partial charge in [-0.1, -0.05) is 6.07 Å². The number of pyridine rings is 1. The fourth-order valence-electron chi connectivity index (χ4n) is 1.35. The SMILES string of the molecule is NC(C(=O)C1CC1)c1cccnc1. The zero-order valence-corrected chi connectivity index (χ0v) is 7.31. The van der Waals surface area contributed by atoms with E-state index < -0.39 is 6.04 Å². The quantitative estimate of drug-likeness (QED) is 0.749. The molecule has 0 spiro atoms. The highest BCUT2D eigenvalue weighted by atomic mass is 16.1. The summed E-state index contributed by atoms with van der Waals surface area (Å²) in [5.74, 6) is 0.378. The number of aromatic nitrogens is 1. The monoisotopic (exact) mass is 176 g/mol. The fourth-order valence-corrected chi connectivity index (χ4v) is 1.35. The third-order valence-corrected chi connectivity index (χ3v) is 2.33. The number of hydrogen-bond donors (Lipinski definition) is 1. The van der Waals surface area contributed by atoms with Gasteiger partial charge in [-0.3, -0.25) is 9.78 Å². The van der Waals surface area contributed by atoms with Crippen LogP contribution in [0.4, 0.5) is 0 Å². The van der Waals surface area contributed by atoms with Gasteiger partial charge in [-0.2, -0.15) is 0 Å². The van der Waals surface area contributed by atoms with E-state index in [2.05, 4.69) is 4.98 Å². The first kappa shape index (κ1) is 8.38. The second kappa shape index (κ2) is 3.26. The van der Waals surface area contributed by atoms with Crippen molar-refractivity contribution in [3.8, 4) is 0 Å². The maximum Gasteiger partial charge on any atom is 0.157 e. The molecule has 3 heteroatoms. The van der Waals surface area contributed by atoms with Crippen LogP contribution in [0.5, 0.6) is 0 Å². The number of Topliss-reactive ketones (excluding diaryl/α,β-unsaturated/α-hetero) is 1. The zero-order valence-electron chi connectivity index (χ0n) is 7.31. The molecule has 1 heterocycles. The molecule has 0 aromatic carbocycles. The van der Waals surface area contributed by atoms with Gasteiger partial charge < -0.3 is 5.73 Å². The van der Waals surface area contributed by atoms with Gasteiger partial charge in [0.1, 0.15) is 0 Å².